The van der Waals surface area contributed by atoms with E-state index in [1.54, 1.807) is 14.2 Å². The van der Waals surface area contributed by atoms with Gasteiger partial charge < -0.3 is 18.9 Å². The monoisotopic (exact) mass is 686 g/mol. The normalized spacial score (nSPS) is 19.8. The minimum Gasteiger partial charge on any atom is -0.481 e. The summed E-state index contributed by atoms with van der Waals surface area (Å²) in [6.45, 7) is 7.09. The molecule has 0 atom stereocenters. The lowest BCUT2D eigenvalue weighted by Crippen LogP contribution is -2.60. The van der Waals surface area contributed by atoms with Crippen LogP contribution in [0.5, 0.6) is 11.8 Å². The van der Waals surface area contributed by atoms with Crippen molar-refractivity contribution in [2.75, 3.05) is 53.6 Å². The summed E-state index contributed by atoms with van der Waals surface area (Å²) in [4.78, 5) is 14.6. The molecule has 250 valence electrons. The van der Waals surface area contributed by atoms with Crippen molar-refractivity contribution in [1.29, 1.82) is 0 Å². The number of halogens is 2. The summed E-state index contributed by atoms with van der Waals surface area (Å²) in [7, 11) is 3.33. The number of benzene rings is 2. The smallest absolute Gasteiger partial charge is 0.218 e. The van der Waals surface area contributed by atoms with Gasteiger partial charge in [-0.3, -0.25) is 9.80 Å². The number of likely N-dealkylation sites (tertiary alicyclic amines) is 2. The summed E-state index contributed by atoms with van der Waals surface area (Å²) in [5.74, 6) is 1.21. The van der Waals surface area contributed by atoms with Crippen LogP contribution in [0.3, 0.4) is 0 Å². The topological polar surface area (TPSA) is 69.2 Å². The van der Waals surface area contributed by atoms with E-state index in [4.69, 9.17) is 52.1 Å². The Morgan fingerprint density at radius 3 is 1.42 bits per heavy atom. The van der Waals surface area contributed by atoms with Crippen molar-refractivity contribution in [3.05, 3.63) is 81.8 Å². The van der Waals surface area contributed by atoms with Gasteiger partial charge >= 0.3 is 0 Å². The van der Waals surface area contributed by atoms with E-state index in [2.05, 4.69) is 21.9 Å². The molecule has 10 heteroatoms. The van der Waals surface area contributed by atoms with Crippen molar-refractivity contribution in [3.63, 3.8) is 0 Å². The molecule has 4 aliphatic rings. The van der Waals surface area contributed by atoms with E-state index in [0.717, 1.165) is 123 Å². The number of rotatable bonds is 9. The third-order valence-corrected chi connectivity index (χ3v) is 11.1. The second-order valence-corrected chi connectivity index (χ2v) is 14.4. The van der Waals surface area contributed by atoms with Gasteiger partial charge in [-0.1, -0.05) is 71.7 Å². The molecule has 8 rings (SSSR count). The van der Waals surface area contributed by atoms with Crippen molar-refractivity contribution >= 4 is 23.2 Å². The van der Waals surface area contributed by atoms with E-state index in [0.29, 0.717) is 21.8 Å². The van der Waals surface area contributed by atoms with Crippen LogP contribution in [-0.2, 0) is 22.6 Å². The maximum absolute atomic E-state index is 7.14. The molecule has 0 radical (unpaired) electrons. The predicted molar refractivity (Wildman–Crippen MR) is 188 cm³/mol. The molecule has 0 N–H and O–H groups in total. The fraction of sp³-hybridized carbons (Fsp3) is 0.421. The second kappa shape index (κ2) is 12.9. The second-order valence-electron chi connectivity index (χ2n) is 13.6. The highest BCUT2D eigenvalue weighted by atomic mass is 35.5. The van der Waals surface area contributed by atoms with Gasteiger partial charge in [-0.2, -0.15) is 0 Å². The molecule has 8 nitrogen and oxygen atoms in total. The summed E-state index contributed by atoms with van der Waals surface area (Å²) in [6, 6.07) is 20.1. The van der Waals surface area contributed by atoms with Crippen LogP contribution in [0.15, 0.2) is 60.7 Å². The summed E-state index contributed by atoms with van der Waals surface area (Å²) in [5, 5.41) is 1.14. The van der Waals surface area contributed by atoms with Gasteiger partial charge in [0, 0.05) is 85.9 Å². The Labute approximate surface area is 291 Å². The van der Waals surface area contributed by atoms with Gasteiger partial charge in [-0.05, 0) is 37.8 Å². The predicted octanol–water partition coefficient (Wildman–Crippen LogP) is 7.53. The van der Waals surface area contributed by atoms with Crippen molar-refractivity contribution in [2.45, 2.75) is 50.0 Å². The molecule has 2 aromatic heterocycles. The van der Waals surface area contributed by atoms with E-state index in [9.17, 15) is 0 Å². The minimum atomic E-state index is 0.0570. The van der Waals surface area contributed by atoms with E-state index in [1.165, 1.54) is 0 Å². The summed E-state index contributed by atoms with van der Waals surface area (Å²) < 4.78 is 23.5. The molecule has 48 heavy (non-hydrogen) atoms. The number of hydrogen-bond acceptors (Lipinski definition) is 8. The third kappa shape index (κ3) is 5.86. The highest BCUT2D eigenvalue weighted by molar-refractivity contribution is 6.39. The lowest BCUT2D eigenvalue weighted by atomic mass is 9.90. The lowest BCUT2D eigenvalue weighted by Gasteiger charge is -2.47. The van der Waals surface area contributed by atoms with Crippen molar-refractivity contribution in [2.24, 2.45) is 0 Å². The molecule has 0 saturated carbocycles. The van der Waals surface area contributed by atoms with E-state index >= 15 is 0 Å². The molecule has 4 fully saturated rings. The molecule has 0 unspecified atom stereocenters. The number of nitrogens with zero attached hydrogens (tertiary/aromatic N) is 4. The van der Waals surface area contributed by atoms with Gasteiger partial charge in [0.05, 0.1) is 46.9 Å². The van der Waals surface area contributed by atoms with Gasteiger partial charge in [0.2, 0.25) is 11.8 Å². The van der Waals surface area contributed by atoms with Crippen LogP contribution >= 0.6 is 23.2 Å². The van der Waals surface area contributed by atoms with Gasteiger partial charge in [0.1, 0.15) is 0 Å². The molecular weight excluding hydrogens is 647 g/mol. The Bertz CT molecular complexity index is 1690. The number of hydrogen-bond donors (Lipinski definition) is 0. The quantitative estimate of drug-likeness (QED) is 0.179. The maximum atomic E-state index is 7.14. The lowest BCUT2D eigenvalue weighted by molar-refractivity contribution is -0.114. The molecular formula is C38H40Cl2N4O4. The SMILES string of the molecule is COc1nc(-c2cccc(-c3cccc(-c4ccc(CN5CC6(CCCO6)C5)c(OC)n4)c3Cl)c2Cl)ccc1CN1CC2(CCCO2)C1. The molecule has 2 aromatic carbocycles. The first-order valence-corrected chi connectivity index (χ1v) is 17.5. The largest absolute Gasteiger partial charge is 0.481 e. The zero-order valence-corrected chi connectivity index (χ0v) is 28.9. The van der Waals surface area contributed by atoms with E-state index in [1.807, 2.05) is 48.5 Å². The zero-order valence-electron chi connectivity index (χ0n) is 27.4. The fourth-order valence-corrected chi connectivity index (χ4v) is 8.61. The maximum Gasteiger partial charge on any atom is 0.218 e. The standard InChI is InChI=1S/C38H40Cl2N4O4/c1-45-35-25(19-43-21-37(22-43)15-5-17-47-37)11-13-31(41-35)29-9-3-7-27(33(29)39)28-8-4-10-30(34(28)40)32-14-12-26(36(42-32)46-2)20-44-23-38(24-44)16-6-18-48-38/h3-4,7-14H,5-6,15-24H2,1-2H3. The molecule has 6 heterocycles. The van der Waals surface area contributed by atoms with E-state index in [-0.39, 0.29) is 11.2 Å². The number of methoxy groups -OCH3 is 2. The highest BCUT2D eigenvalue weighted by Gasteiger charge is 2.47. The number of aromatic nitrogens is 2. The van der Waals surface area contributed by atoms with Crippen LogP contribution in [0, 0.1) is 0 Å². The Kier molecular flexibility index (Phi) is 8.60. The molecule has 0 bridgehead atoms. The van der Waals surface area contributed by atoms with Crippen LogP contribution in [-0.4, -0.2) is 84.6 Å². The van der Waals surface area contributed by atoms with Crippen molar-refractivity contribution < 1.29 is 18.9 Å². The number of pyridine rings is 2. The average Bonchev–Trinajstić information content (AvgIpc) is 3.77. The summed E-state index contributed by atoms with van der Waals surface area (Å²) in [6.07, 6.45) is 4.59. The Morgan fingerprint density at radius 2 is 1.04 bits per heavy atom. The average molecular weight is 688 g/mol. The molecule has 4 saturated heterocycles. The van der Waals surface area contributed by atoms with Crippen LogP contribution in [0.25, 0.3) is 33.6 Å². The summed E-state index contributed by atoms with van der Waals surface area (Å²) >= 11 is 14.3. The molecule has 0 amide bonds. The molecule has 4 aromatic rings. The first kappa shape index (κ1) is 32.0. The summed E-state index contributed by atoms with van der Waals surface area (Å²) in [5.41, 5.74) is 6.93. The number of ether oxygens (including phenoxy) is 4. The first-order valence-electron chi connectivity index (χ1n) is 16.8. The molecule has 4 aliphatic heterocycles. The fourth-order valence-electron chi connectivity index (χ4n) is 7.96. The van der Waals surface area contributed by atoms with Crippen LogP contribution in [0.4, 0.5) is 0 Å². The van der Waals surface area contributed by atoms with E-state index < -0.39 is 0 Å². The van der Waals surface area contributed by atoms with Crippen LogP contribution in [0.2, 0.25) is 10.0 Å². The highest BCUT2D eigenvalue weighted by Crippen LogP contribution is 2.43. The minimum absolute atomic E-state index is 0.0570. The first-order chi connectivity index (χ1) is 23.4. The Hall–Kier alpha value is -3.24. The van der Waals surface area contributed by atoms with Gasteiger partial charge in [0.15, 0.2) is 0 Å². The third-order valence-electron chi connectivity index (χ3n) is 10.3. The van der Waals surface area contributed by atoms with Crippen LogP contribution < -0.4 is 9.47 Å². The Balaban J connectivity index is 1.03. The molecule has 0 aliphatic carbocycles. The molecule has 2 spiro atoms. The van der Waals surface area contributed by atoms with Gasteiger partial charge in [-0.25, -0.2) is 9.97 Å². The zero-order chi connectivity index (χ0) is 32.9. The van der Waals surface area contributed by atoms with Crippen molar-refractivity contribution in [1.82, 2.24) is 19.8 Å². The van der Waals surface area contributed by atoms with Gasteiger partial charge in [0.25, 0.3) is 0 Å². The van der Waals surface area contributed by atoms with Gasteiger partial charge in [-0.15, -0.1) is 0 Å². The van der Waals surface area contributed by atoms with Crippen LogP contribution in [0.1, 0.15) is 36.8 Å². The van der Waals surface area contributed by atoms with Crippen molar-refractivity contribution in [3.8, 4) is 45.4 Å². The Morgan fingerprint density at radius 1 is 0.625 bits per heavy atom.